The molecule has 0 radical (unpaired) electrons. The second-order valence-electron chi connectivity index (χ2n) is 4.04. The second kappa shape index (κ2) is 6.89. The Morgan fingerprint density at radius 2 is 1.23 bits per heavy atom. The van der Waals surface area contributed by atoms with Gasteiger partial charge in [-0.05, 0) is 5.56 Å². The van der Waals surface area contributed by atoms with Crippen LogP contribution >= 0.6 is 81.8 Å². The van der Waals surface area contributed by atoms with E-state index in [1.807, 2.05) is 0 Å². The summed E-state index contributed by atoms with van der Waals surface area (Å²) in [6.45, 7) is 0. The largest absolute Gasteiger partial charge is 0.250 e. The van der Waals surface area contributed by atoms with Gasteiger partial charge >= 0.3 is 0 Å². The van der Waals surface area contributed by atoms with E-state index in [1.165, 1.54) is 5.37 Å². The van der Waals surface area contributed by atoms with Gasteiger partial charge in [-0.15, -0.1) is 0 Å². The Bertz CT molecular complexity index is 661. The highest BCUT2D eigenvalue weighted by Crippen LogP contribution is 2.40. The molecule has 1 heterocycles. The van der Waals surface area contributed by atoms with E-state index in [2.05, 4.69) is 15.0 Å². The minimum atomic E-state index is -1.88. The van der Waals surface area contributed by atoms with Gasteiger partial charge in [0, 0.05) is 10.9 Å². The number of alkyl halides is 6. The molecule has 2 aromatic rings. The van der Waals surface area contributed by atoms with Crippen LogP contribution in [0.4, 0.5) is 0 Å². The lowest BCUT2D eigenvalue weighted by Gasteiger charge is -2.15. The molecule has 0 atom stereocenters. The summed E-state index contributed by atoms with van der Waals surface area (Å²) in [5, 5.41) is 1.54. The lowest BCUT2D eigenvalue weighted by Crippen LogP contribution is -2.16. The lowest BCUT2D eigenvalue weighted by atomic mass is 10.1. The van der Waals surface area contributed by atoms with Crippen LogP contribution in [-0.2, 0) is 7.59 Å². The maximum absolute atomic E-state index is 5.82. The van der Waals surface area contributed by atoms with Crippen LogP contribution in [-0.4, -0.2) is 20.3 Å². The first-order valence-corrected chi connectivity index (χ1v) is 8.31. The molecule has 10 heteroatoms. The van der Waals surface area contributed by atoms with Crippen LogP contribution in [0.1, 0.15) is 17.2 Å². The van der Waals surface area contributed by atoms with E-state index in [9.17, 15) is 0 Å². The van der Waals surface area contributed by atoms with Gasteiger partial charge < -0.3 is 0 Å². The molecular weight excluding hydrogens is 431 g/mol. The van der Waals surface area contributed by atoms with Crippen molar-refractivity contribution in [2.75, 3.05) is 0 Å². The molecule has 0 N–H and O–H groups in total. The number of aromatic nitrogens is 3. The number of benzene rings is 1. The number of nitrogens with zero attached hydrogens (tertiary/aromatic N) is 3. The fraction of sp³-hybridized carbons (Fsp3) is 0.167. The Hall–Kier alpha value is 0.0600. The summed E-state index contributed by atoms with van der Waals surface area (Å²) < 4.78 is -3.76. The van der Waals surface area contributed by atoms with Crippen molar-refractivity contribution in [1.29, 1.82) is 0 Å². The van der Waals surface area contributed by atoms with Crippen LogP contribution in [0.25, 0.3) is 11.4 Å². The van der Waals surface area contributed by atoms with Crippen molar-refractivity contribution in [1.82, 2.24) is 15.0 Å². The third-order valence-electron chi connectivity index (χ3n) is 2.45. The molecule has 0 spiro atoms. The first-order chi connectivity index (χ1) is 10.1. The fourth-order valence-electron chi connectivity index (χ4n) is 1.47. The van der Waals surface area contributed by atoms with Gasteiger partial charge in [-0.3, -0.25) is 0 Å². The first kappa shape index (κ1) is 18.4. The lowest BCUT2D eigenvalue weighted by molar-refractivity contribution is 0.851. The van der Waals surface area contributed by atoms with Gasteiger partial charge in [0.05, 0.1) is 0 Å². The van der Waals surface area contributed by atoms with Crippen molar-refractivity contribution in [2.24, 2.45) is 0 Å². The summed E-state index contributed by atoms with van der Waals surface area (Å²) in [5.74, 6) is -0.0564. The van der Waals surface area contributed by atoms with Crippen LogP contribution in [0.15, 0.2) is 24.3 Å². The van der Waals surface area contributed by atoms with Gasteiger partial charge in [-0.2, -0.15) is 0 Å². The molecule has 0 aliphatic rings. The van der Waals surface area contributed by atoms with Crippen molar-refractivity contribution >= 4 is 87.2 Å². The first-order valence-electron chi connectivity index (χ1n) is 5.57. The van der Waals surface area contributed by atoms with Crippen LogP contribution in [0.2, 0.25) is 0 Å². The molecule has 0 amide bonds. The number of rotatable bonds is 2. The standard InChI is InChI=1S/C12H5Cl6N3S/c13-11(14,15)9-19-8(20-10(21-9)12(16,17)18)7-3-1-6(5-22)2-4-7/h1-5H. The predicted molar refractivity (Wildman–Crippen MR) is 96.5 cm³/mol. The van der Waals surface area contributed by atoms with E-state index in [4.69, 9.17) is 81.8 Å². The Kier molecular flexibility index (Phi) is 5.77. The summed E-state index contributed by atoms with van der Waals surface area (Å²) in [4.78, 5) is 12.1. The Balaban J connectivity index is 2.61. The molecule has 2 rings (SSSR count). The summed E-state index contributed by atoms with van der Waals surface area (Å²) in [6.07, 6.45) is 0. The van der Waals surface area contributed by atoms with E-state index in [1.54, 1.807) is 24.3 Å². The number of halogens is 6. The van der Waals surface area contributed by atoms with E-state index in [0.717, 1.165) is 5.56 Å². The third kappa shape index (κ3) is 4.54. The van der Waals surface area contributed by atoms with Gasteiger partial charge in [0.2, 0.25) is 7.59 Å². The molecular formula is C12H5Cl6N3S. The van der Waals surface area contributed by atoms with Gasteiger partial charge in [0.25, 0.3) is 0 Å². The molecule has 116 valence electrons. The van der Waals surface area contributed by atoms with Gasteiger partial charge in [0.15, 0.2) is 17.5 Å². The maximum atomic E-state index is 5.82. The van der Waals surface area contributed by atoms with E-state index in [-0.39, 0.29) is 17.5 Å². The molecule has 0 saturated heterocycles. The Labute approximate surface area is 161 Å². The van der Waals surface area contributed by atoms with Crippen molar-refractivity contribution < 1.29 is 0 Å². The highest BCUT2D eigenvalue weighted by atomic mass is 35.6. The third-order valence-corrected chi connectivity index (χ3v) is 3.73. The summed E-state index contributed by atoms with van der Waals surface area (Å²) >= 11 is 39.8. The monoisotopic (exact) mass is 433 g/mol. The van der Waals surface area contributed by atoms with Crippen LogP contribution < -0.4 is 0 Å². The Morgan fingerprint density at radius 1 is 0.773 bits per heavy atom. The van der Waals surface area contributed by atoms with Crippen LogP contribution in [0.3, 0.4) is 0 Å². The minimum absolute atomic E-state index is 0.136. The average Bonchev–Trinajstić information content (AvgIpc) is 2.45. The van der Waals surface area contributed by atoms with Crippen molar-refractivity contribution in [3.05, 3.63) is 41.5 Å². The summed E-state index contributed by atoms with van der Waals surface area (Å²) in [6, 6.07) is 7.07. The van der Waals surface area contributed by atoms with Gasteiger partial charge in [0.1, 0.15) is 0 Å². The summed E-state index contributed by atoms with van der Waals surface area (Å²) in [5.41, 5.74) is 1.49. The molecule has 0 bridgehead atoms. The number of hydrogen-bond donors (Lipinski definition) is 0. The fourth-order valence-corrected chi connectivity index (χ4v) is 2.13. The zero-order valence-electron chi connectivity index (χ0n) is 10.4. The normalized spacial score (nSPS) is 12.3. The average molecular weight is 436 g/mol. The molecule has 0 saturated carbocycles. The topological polar surface area (TPSA) is 38.7 Å². The molecule has 22 heavy (non-hydrogen) atoms. The molecule has 3 nitrogen and oxygen atoms in total. The van der Waals surface area contributed by atoms with Gasteiger partial charge in [-0.1, -0.05) is 106 Å². The zero-order chi connectivity index (χ0) is 16.5. The van der Waals surface area contributed by atoms with E-state index < -0.39 is 7.59 Å². The van der Waals surface area contributed by atoms with Crippen molar-refractivity contribution in [3.8, 4) is 11.4 Å². The van der Waals surface area contributed by atoms with Gasteiger partial charge in [-0.25, -0.2) is 15.0 Å². The predicted octanol–water partition coefficient (Wildman–Crippen LogP) is 5.54. The van der Waals surface area contributed by atoms with Crippen molar-refractivity contribution in [2.45, 2.75) is 7.59 Å². The molecule has 1 aromatic heterocycles. The Morgan fingerprint density at radius 3 is 1.59 bits per heavy atom. The SMILES string of the molecule is S=Cc1ccc(-c2nc(C(Cl)(Cl)Cl)nc(C(Cl)(Cl)Cl)n2)cc1. The molecule has 0 unspecified atom stereocenters. The summed E-state index contributed by atoms with van der Waals surface area (Å²) in [7, 11) is 0. The number of thiocarbonyl (C=S) groups is 1. The van der Waals surface area contributed by atoms with E-state index >= 15 is 0 Å². The highest BCUT2D eigenvalue weighted by Gasteiger charge is 2.33. The highest BCUT2D eigenvalue weighted by molar-refractivity contribution is 7.79. The quantitative estimate of drug-likeness (QED) is 0.458. The molecule has 0 aliphatic carbocycles. The molecule has 0 fully saturated rings. The maximum Gasteiger partial charge on any atom is 0.250 e. The van der Waals surface area contributed by atoms with Crippen LogP contribution in [0.5, 0.6) is 0 Å². The second-order valence-corrected chi connectivity index (χ2v) is 8.84. The minimum Gasteiger partial charge on any atom is -0.209 e. The van der Waals surface area contributed by atoms with Crippen LogP contribution in [0, 0.1) is 0 Å². The smallest absolute Gasteiger partial charge is 0.209 e. The van der Waals surface area contributed by atoms with Crippen molar-refractivity contribution in [3.63, 3.8) is 0 Å². The molecule has 0 aliphatic heterocycles. The number of hydrogen-bond acceptors (Lipinski definition) is 4. The van der Waals surface area contributed by atoms with E-state index in [0.29, 0.717) is 5.56 Å². The zero-order valence-corrected chi connectivity index (χ0v) is 15.8. The molecule has 1 aromatic carbocycles.